The molecule has 3 heteroatoms. The van der Waals surface area contributed by atoms with E-state index in [1.165, 1.54) is 0 Å². The van der Waals surface area contributed by atoms with E-state index in [9.17, 15) is 4.79 Å². The minimum Gasteiger partial charge on any atom is -0.492 e. The van der Waals surface area contributed by atoms with E-state index < -0.39 is 0 Å². The van der Waals surface area contributed by atoms with Crippen molar-refractivity contribution in [2.45, 2.75) is 47.0 Å². The molecule has 1 rings (SSSR count). The summed E-state index contributed by atoms with van der Waals surface area (Å²) in [6, 6.07) is 5.67. The number of ether oxygens (including phenoxy) is 2. The molecule has 0 aromatic heterocycles. The molecule has 1 aromatic rings. The van der Waals surface area contributed by atoms with Crippen molar-refractivity contribution in [3.63, 3.8) is 0 Å². The van der Waals surface area contributed by atoms with Gasteiger partial charge in [-0.25, -0.2) is 4.79 Å². The third-order valence-electron chi connectivity index (χ3n) is 2.99. The molecule has 0 amide bonds. The van der Waals surface area contributed by atoms with E-state index in [1.54, 1.807) is 6.07 Å². The minimum atomic E-state index is -0.291. The number of para-hydroxylation sites is 1. The molecule has 0 aliphatic rings. The molecule has 3 nitrogen and oxygen atoms in total. The van der Waals surface area contributed by atoms with Gasteiger partial charge in [0.1, 0.15) is 11.3 Å². The Morgan fingerprint density at radius 2 is 2.00 bits per heavy atom. The van der Waals surface area contributed by atoms with Crippen molar-refractivity contribution in [2.24, 2.45) is 5.92 Å². The highest BCUT2D eigenvalue weighted by molar-refractivity contribution is 5.93. The fourth-order valence-corrected chi connectivity index (χ4v) is 1.83. The molecule has 0 radical (unpaired) electrons. The molecule has 0 spiro atoms. The number of esters is 1. The number of carbonyl (C=O) groups is 1. The first-order valence-electron chi connectivity index (χ1n) is 7.51. The normalized spacial score (nSPS) is 10.7. The summed E-state index contributed by atoms with van der Waals surface area (Å²) in [4.78, 5) is 12.2. The van der Waals surface area contributed by atoms with Crippen LogP contribution in [0.3, 0.4) is 0 Å². The first-order chi connectivity index (χ1) is 9.60. The SMILES string of the molecule is CCCCOc1c(CC)cccc1C(=O)OCC(C)C. The first-order valence-corrected chi connectivity index (χ1v) is 7.51. The summed E-state index contributed by atoms with van der Waals surface area (Å²) in [6.45, 7) is 9.29. The van der Waals surface area contributed by atoms with Crippen LogP contribution in [-0.4, -0.2) is 19.2 Å². The summed E-state index contributed by atoms with van der Waals surface area (Å²) < 4.78 is 11.1. The summed E-state index contributed by atoms with van der Waals surface area (Å²) in [5.74, 6) is 0.732. The second-order valence-corrected chi connectivity index (χ2v) is 5.34. The van der Waals surface area contributed by atoms with Crippen LogP contribution in [0.5, 0.6) is 5.75 Å². The zero-order valence-corrected chi connectivity index (χ0v) is 13.1. The Morgan fingerprint density at radius 3 is 2.60 bits per heavy atom. The average Bonchev–Trinajstić information content (AvgIpc) is 2.45. The van der Waals surface area contributed by atoms with Gasteiger partial charge in [0.15, 0.2) is 0 Å². The molecule has 0 aliphatic heterocycles. The molecule has 1 aromatic carbocycles. The third kappa shape index (κ3) is 4.87. The van der Waals surface area contributed by atoms with Gasteiger partial charge < -0.3 is 9.47 Å². The molecule has 0 fully saturated rings. The second-order valence-electron chi connectivity index (χ2n) is 5.34. The Morgan fingerprint density at radius 1 is 1.25 bits per heavy atom. The number of hydrogen-bond acceptors (Lipinski definition) is 3. The van der Waals surface area contributed by atoms with Crippen molar-refractivity contribution in [1.82, 2.24) is 0 Å². The fourth-order valence-electron chi connectivity index (χ4n) is 1.83. The number of aryl methyl sites for hydroxylation is 1. The molecule has 0 saturated carbocycles. The third-order valence-corrected chi connectivity index (χ3v) is 2.99. The summed E-state index contributed by atoms with van der Waals surface area (Å²) in [7, 11) is 0. The summed E-state index contributed by atoms with van der Waals surface area (Å²) >= 11 is 0. The fraction of sp³-hybridized carbons (Fsp3) is 0.588. The van der Waals surface area contributed by atoms with E-state index in [2.05, 4.69) is 13.8 Å². The van der Waals surface area contributed by atoms with E-state index in [-0.39, 0.29) is 5.97 Å². The molecule has 0 saturated heterocycles. The highest BCUT2D eigenvalue weighted by Gasteiger charge is 2.17. The van der Waals surface area contributed by atoms with Gasteiger partial charge in [0.25, 0.3) is 0 Å². The maximum atomic E-state index is 12.2. The van der Waals surface area contributed by atoms with E-state index in [4.69, 9.17) is 9.47 Å². The van der Waals surface area contributed by atoms with Gasteiger partial charge in [-0.3, -0.25) is 0 Å². The molecule has 0 aliphatic carbocycles. The molecule has 0 unspecified atom stereocenters. The van der Waals surface area contributed by atoms with Crippen LogP contribution in [0.25, 0.3) is 0 Å². The number of rotatable bonds is 8. The van der Waals surface area contributed by atoms with Crippen LogP contribution in [-0.2, 0) is 11.2 Å². The number of benzene rings is 1. The molecular formula is C17H26O3. The van der Waals surface area contributed by atoms with E-state index in [0.29, 0.717) is 30.4 Å². The standard InChI is InChI=1S/C17H26O3/c1-5-7-11-19-16-14(6-2)9-8-10-15(16)17(18)20-12-13(3)4/h8-10,13H,5-7,11-12H2,1-4H3. The lowest BCUT2D eigenvalue weighted by Gasteiger charge is -2.15. The smallest absolute Gasteiger partial charge is 0.341 e. The van der Waals surface area contributed by atoms with Gasteiger partial charge >= 0.3 is 5.97 Å². The molecule has 0 bridgehead atoms. The van der Waals surface area contributed by atoms with Gasteiger partial charge in [0.05, 0.1) is 13.2 Å². The Kier molecular flexibility index (Phi) is 7.13. The van der Waals surface area contributed by atoms with Crippen LogP contribution in [0.15, 0.2) is 18.2 Å². The Bertz CT molecular complexity index is 424. The number of hydrogen-bond donors (Lipinski definition) is 0. The van der Waals surface area contributed by atoms with Gasteiger partial charge in [-0.05, 0) is 30.4 Å². The monoisotopic (exact) mass is 278 g/mol. The van der Waals surface area contributed by atoms with Gasteiger partial charge in [0.2, 0.25) is 0 Å². The predicted octanol–water partition coefficient (Wildman–Crippen LogP) is 4.24. The van der Waals surface area contributed by atoms with Gasteiger partial charge in [-0.1, -0.05) is 46.2 Å². The van der Waals surface area contributed by atoms with Crippen LogP contribution >= 0.6 is 0 Å². The lowest BCUT2D eigenvalue weighted by molar-refractivity contribution is 0.0454. The van der Waals surface area contributed by atoms with Crippen molar-refractivity contribution < 1.29 is 14.3 Å². The summed E-state index contributed by atoms with van der Waals surface area (Å²) in [5.41, 5.74) is 1.60. The maximum Gasteiger partial charge on any atom is 0.341 e. The average molecular weight is 278 g/mol. The van der Waals surface area contributed by atoms with Crippen molar-refractivity contribution in [3.05, 3.63) is 29.3 Å². The van der Waals surface area contributed by atoms with Crippen LogP contribution in [0.1, 0.15) is 56.5 Å². The van der Waals surface area contributed by atoms with E-state index >= 15 is 0 Å². The van der Waals surface area contributed by atoms with Crippen LogP contribution in [0.4, 0.5) is 0 Å². The molecule has 0 atom stereocenters. The summed E-state index contributed by atoms with van der Waals surface area (Å²) in [5, 5.41) is 0. The number of carbonyl (C=O) groups excluding carboxylic acids is 1. The summed E-state index contributed by atoms with van der Waals surface area (Å²) in [6.07, 6.45) is 2.90. The van der Waals surface area contributed by atoms with Crippen molar-refractivity contribution in [3.8, 4) is 5.75 Å². The Labute approximate surface area is 122 Å². The first kappa shape index (κ1) is 16.5. The van der Waals surface area contributed by atoms with Gasteiger partial charge in [-0.15, -0.1) is 0 Å². The maximum absolute atomic E-state index is 12.2. The molecule has 0 N–H and O–H groups in total. The van der Waals surface area contributed by atoms with Crippen LogP contribution in [0, 0.1) is 5.92 Å². The van der Waals surface area contributed by atoms with E-state index in [1.807, 2.05) is 26.0 Å². The van der Waals surface area contributed by atoms with E-state index in [0.717, 1.165) is 24.8 Å². The van der Waals surface area contributed by atoms with Crippen LogP contribution < -0.4 is 4.74 Å². The minimum absolute atomic E-state index is 0.291. The number of unbranched alkanes of at least 4 members (excludes halogenated alkanes) is 1. The van der Waals surface area contributed by atoms with Crippen molar-refractivity contribution in [1.29, 1.82) is 0 Å². The largest absolute Gasteiger partial charge is 0.492 e. The quantitative estimate of drug-likeness (QED) is 0.527. The molecule has 20 heavy (non-hydrogen) atoms. The lowest BCUT2D eigenvalue weighted by atomic mass is 10.1. The zero-order chi connectivity index (χ0) is 15.0. The van der Waals surface area contributed by atoms with Crippen molar-refractivity contribution >= 4 is 5.97 Å². The van der Waals surface area contributed by atoms with Gasteiger partial charge in [0, 0.05) is 0 Å². The lowest BCUT2D eigenvalue weighted by Crippen LogP contribution is -2.13. The Hall–Kier alpha value is -1.51. The molecular weight excluding hydrogens is 252 g/mol. The molecule has 0 heterocycles. The van der Waals surface area contributed by atoms with Gasteiger partial charge in [-0.2, -0.15) is 0 Å². The zero-order valence-electron chi connectivity index (χ0n) is 13.1. The van der Waals surface area contributed by atoms with Crippen LogP contribution in [0.2, 0.25) is 0 Å². The Balaban J connectivity index is 2.89. The topological polar surface area (TPSA) is 35.5 Å². The predicted molar refractivity (Wildman–Crippen MR) is 81.3 cm³/mol. The molecule has 112 valence electrons. The highest BCUT2D eigenvalue weighted by Crippen LogP contribution is 2.26. The second kappa shape index (κ2) is 8.62. The van der Waals surface area contributed by atoms with Crippen molar-refractivity contribution in [2.75, 3.05) is 13.2 Å². The highest BCUT2D eigenvalue weighted by atomic mass is 16.5.